The largest absolute Gasteiger partial charge is 0.400 e. The van der Waals surface area contributed by atoms with Crippen molar-refractivity contribution in [2.45, 2.75) is 12.6 Å². The molecule has 0 aliphatic heterocycles. The summed E-state index contributed by atoms with van der Waals surface area (Å²) in [6, 6.07) is 0. The van der Waals surface area contributed by atoms with Gasteiger partial charge in [-0.15, -0.1) is 6.58 Å². The van der Waals surface area contributed by atoms with Crippen molar-refractivity contribution >= 4 is 7.60 Å². The number of hydrogen-bond acceptors (Lipinski definition) is 2. The summed E-state index contributed by atoms with van der Waals surface area (Å²) in [5, 5.41) is 0. The molecule has 0 aromatic heterocycles. The van der Waals surface area contributed by atoms with Gasteiger partial charge in [-0.25, -0.2) is 0 Å². The maximum absolute atomic E-state index is 11.6. The Morgan fingerprint density at radius 3 is 2.46 bits per heavy atom. The Hall–Kier alpha value is -0.320. The van der Waals surface area contributed by atoms with Gasteiger partial charge in [-0.05, 0) is 6.42 Å². The van der Waals surface area contributed by atoms with Crippen molar-refractivity contribution in [1.82, 2.24) is 0 Å². The van der Waals surface area contributed by atoms with E-state index in [1.54, 1.807) is 0 Å². The lowest BCUT2D eigenvalue weighted by Crippen LogP contribution is -2.15. The topological polar surface area (TPSA) is 46.5 Å². The van der Waals surface area contributed by atoms with Crippen molar-refractivity contribution in [2.75, 3.05) is 12.8 Å². The monoisotopic (exact) mass is 218 g/mol. The van der Waals surface area contributed by atoms with Crippen LogP contribution >= 0.6 is 7.60 Å². The fourth-order valence-corrected chi connectivity index (χ4v) is 1.49. The fourth-order valence-electron chi connectivity index (χ4n) is 0.551. The summed E-state index contributed by atoms with van der Waals surface area (Å²) in [7, 11) is -4.52. The molecule has 0 radical (unpaired) electrons. The smallest absolute Gasteiger partial charge is 0.324 e. The SMILES string of the molecule is C=CCCOP(=O)(O)CC(F)(F)F. The Bertz CT molecular complexity index is 214. The molecule has 0 saturated carbocycles. The van der Waals surface area contributed by atoms with Crippen LogP contribution in [0.1, 0.15) is 6.42 Å². The van der Waals surface area contributed by atoms with Gasteiger partial charge >= 0.3 is 13.8 Å². The summed E-state index contributed by atoms with van der Waals surface area (Å²) in [5.41, 5.74) is 0. The van der Waals surface area contributed by atoms with Crippen LogP contribution in [-0.2, 0) is 9.09 Å². The van der Waals surface area contributed by atoms with Crippen molar-refractivity contribution < 1.29 is 27.2 Å². The van der Waals surface area contributed by atoms with E-state index in [0.717, 1.165) is 0 Å². The molecule has 0 aliphatic rings. The Morgan fingerprint density at radius 2 is 2.08 bits per heavy atom. The molecule has 0 aliphatic carbocycles. The maximum atomic E-state index is 11.6. The Morgan fingerprint density at radius 1 is 1.54 bits per heavy atom. The Kier molecular flexibility index (Phi) is 4.67. The van der Waals surface area contributed by atoms with E-state index in [2.05, 4.69) is 11.1 Å². The van der Waals surface area contributed by atoms with E-state index in [1.807, 2.05) is 0 Å². The fraction of sp³-hybridized carbons (Fsp3) is 0.667. The molecule has 13 heavy (non-hydrogen) atoms. The molecule has 0 rings (SSSR count). The van der Waals surface area contributed by atoms with Gasteiger partial charge in [0, 0.05) is 0 Å². The molecule has 0 amide bonds. The highest BCUT2D eigenvalue weighted by atomic mass is 31.2. The minimum atomic E-state index is -4.68. The molecule has 0 heterocycles. The number of hydrogen-bond donors (Lipinski definition) is 1. The summed E-state index contributed by atoms with van der Waals surface area (Å²) in [6.07, 6.45) is -4.87. The van der Waals surface area contributed by atoms with E-state index >= 15 is 0 Å². The third kappa shape index (κ3) is 8.02. The van der Waals surface area contributed by atoms with Crippen molar-refractivity contribution in [3.05, 3.63) is 12.7 Å². The molecule has 7 heteroatoms. The molecule has 1 unspecified atom stereocenters. The molecular formula is C6H10F3O3P. The zero-order chi connectivity index (χ0) is 10.5. The molecule has 0 fully saturated rings. The highest BCUT2D eigenvalue weighted by Gasteiger charge is 2.38. The van der Waals surface area contributed by atoms with Gasteiger partial charge in [-0.2, -0.15) is 13.2 Å². The first-order chi connectivity index (χ1) is 5.77. The molecule has 0 aromatic rings. The van der Waals surface area contributed by atoms with Crippen LogP contribution in [0.5, 0.6) is 0 Å². The highest BCUT2D eigenvalue weighted by molar-refractivity contribution is 7.52. The van der Waals surface area contributed by atoms with E-state index in [4.69, 9.17) is 4.89 Å². The molecule has 0 aromatic carbocycles. The van der Waals surface area contributed by atoms with Crippen LogP contribution in [0.25, 0.3) is 0 Å². The predicted octanol–water partition coefficient (Wildman–Crippen LogP) is 2.33. The highest BCUT2D eigenvalue weighted by Crippen LogP contribution is 2.46. The first-order valence-corrected chi connectivity index (χ1v) is 5.17. The third-order valence-corrected chi connectivity index (χ3v) is 2.34. The zero-order valence-corrected chi connectivity index (χ0v) is 7.65. The molecule has 1 atom stereocenters. The Balaban J connectivity index is 3.94. The van der Waals surface area contributed by atoms with Crippen LogP contribution in [0, 0.1) is 0 Å². The average molecular weight is 218 g/mol. The minimum Gasteiger partial charge on any atom is -0.324 e. The van der Waals surface area contributed by atoms with Gasteiger partial charge in [0.1, 0.15) is 6.16 Å². The number of halogens is 3. The van der Waals surface area contributed by atoms with E-state index < -0.39 is 19.9 Å². The lowest BCUT2D eigenvalue weighted by molar-refractivity contribution is -0.109. The molecule has 3 nitrogen and oxygen atoms in total. The van der Waals surface area contributed by atoms with Gasteiger partial charge in [0.05, 0.1) is 6.61 Å². The van der Waals surface area contributed by atoms with Crippen molar-refractivity contribution in [3.63, 3.8) is 0 Å². The molecule has 0 bridgehead atoms. The predicted molar refractivity (Wildman–Crippen MR) is 41.5 cm³/mol. The lowest BCUT2D eigenvalue weighted by atomic mass is 10.5. The molecule has 1 N–H and O–H groups in total. The van der Waals surface area contributed by atoms with Crippen LogP contribution in [0.4, 0.5) is 13.2 Å². The second kappa shape index (κ2) is 4.79. The summed E-state index contributed by atoms with van der Waals surface area (Å²) in [5.74, 6) is 0. The standard InChI is InChI=1S/C6H10F3O3P/c1-2-3-4-12-13(10,11)5-6(7,8)9/h2H,1,3-5H2,(H,10,11). The quantitative estimate of drug-likeness (QED) is 0.437. The van der Waals surface area contributed by atoms with Crippen LogP contribution in [-0.4, -0.2) is 23.8 Å². The van der Waals surface area contributed by atoms with Gasteiger partial charge in [0.2, 0.25) is 0 Å². The van der Waals surface area contributed by atoms with Crippen LogP contribution in [0.2, 0.25) is 0 Å². The van der Waals surface area contributed by atoms with Crippen molar-refractivity contribution in [1.29, 1.82) is 0 Å². The molecular weight excluding hydrogens is 208 g/mol. The summed E-state index contributed by atoms with van der Waals surface area (Å²) in [4.78, 5) is 8.66. The molecule has 78 valence electrons. The van der Waals surface area contributed by atoms with Gasteiger partial charge in [0.15, 0.2) is 0 Å². The summed E-state index contributed by atoms with van der Waals surface area (Å²) in [6.45, 7) is 3.05. The normalized spacial score (nSPS) is 16.6. The average Bonchev–Trinajstić information content (AvgIpc) is 1.81. The number of rotatable bonds is 5. The van der Waals surface area contributed by atoms with E-state index in [0.29, 0.717) is 0 Å². The van der Waals surface area contributed by atoms with Gasteiger partial charge < -0.3 is 9.42 Å². The second-order valence-corrected chi connectivity index (χ2v) is 4.17. The lowest BCUT2D eigenvalue weighted by Gasteiger charge is -2.13. The van der Waals surface area contributed by atoms with E-state index in [1.165, 1.54) is 6.08 Å². The van der Waals surface area contributed by atoms with Crippen LogP contribution in [0.3, 0.4) is 0 Å². The Labute approximate surface area is 73.7 Å². The third-order valence-electron chi connectivity index (χ3n) is 0.994. The number of alkyl halides is 3. The van der Waals surface area contributed by atoms with Crippen LogP contribution in [0.15, 0.2) is 12.7 Å². The first kappa shape index (κ1) is 12.7. The van der Waals surface area contributed by atoms with Crippen molar-refractivity contribution in [2.24, 2.45) is 0 Å². The maximum Gasteiger partial charge on any atom is 0.400 e. The van der Waals surface area contributed by atoms with Crippen LogP contribution < -0.4 is 0 Å². The zero-order valence-electron chi connectivity index (χ0n) is 6.75. The molecule has 0 saturated heterocycles. The molecule has 0 spiro atoms. The van der Waals surface area contributed by atoms with E-state index in [-0.39, 0.29) is 13.0 Å². The second-order valence-electron chi connectivity index (χ2n) is 2.32. The minimum absolute atomic E-state index is 0.229. The van der Waals surface area contributed by atoms with Gasteiger partial charge in [-0.1, -0.05) is 6.08 Å². The first-order valence-electron chi connectivity index (χ1n) is 3.41. The summed E-state index contributed by atoms with van der Waals surface area (Å²) < 4.78 is 49.7. The summed E-state index contributed by atoms with van der Waals surface area (Å²) >= 11 is 0. The van der Waals surface area contributed by atoms with Gasteiger partial charge in [0.25, 0.3) is 0 Å². The van der Waals surface area contributed by atoms with Crippen molar-refractivity contribution in [3.8, 4) is 0 Å². The van der Waals surface area contributed by atoms with E-state index in [9.17, 15) is 17.7 Å². The van der Waals surface area contributed by atoms with Gasteiger partial charge in [-0.3, -0.25) is 4.57 Å².